The molecule has 1 amide bonds. The summed E-state index contributed by atoms with van der Waals surface area (Å²) >= 11 is 5.99. The van der Waals surface area contributed by atoms with E-state index in [4.69, 9.17) is 16.3 Å². The largest absolute Gasteiger partial charge is 0.378 e. The number of hydrogen-bond acceptors (Lipinski definition) is 4. The van der Waals surface area contributed by atoms with Gasteiger partial charge in [0.15, 0.2) is 0 Å². The summed E-state index contributed by atoms with van der Waals surface area (Å²) in [6.45, 7) is 2.00. The molecule has 4 rings (SSSR count). The molecule has 1 aliphatic rings. The molecule has 0 unspecified atom stereocenters. The maximum Gasteiger partial charge on any atom is 0.275 e. The average molecular weight is 384 g/mol. The van der Waals surface area contributed by atoms with Gasteiger partial charge in [-0.1, -0.05) is 41.9 Å². The van der Waals surface area contributed by atoms with Gasteiger partial charge in [0.1, 0.15) is 6.54 Å². The highest BCUT2D eigenvalue weighted by Crippen LogP contribution is 2.25. The minimum absolute atomic E-state index is 0.0930. The molecule has 2 heterocycles. The van der Waals surface area contributed by atoms with Crippen LogP contribution >= 0.6 is 11.6 Å². The van der Waals surface area contributed by atoms with Crippen molar-refractivity contribution in [2.75, 3.05) is 26.3 Å². The highest BCUT2D eigenvalue weighted by molar-refractivity contribution is 6.30. The minimum atomic E-state index is -0.273. The van der Waals surface area contributed by atoms with Crippen molar-refractivity contribution in [1.82, 2.24) is 14.7 Å². The predicted octanol–water partition coefficient (Wildman–Crippen LogP) is 2.58. The quantitative estimate of drug-likeness (QED) is 0.697. The van der Waals surface area contributed by atoms with E-state index < -0.39 is 0 Å². The van der Waals surface area contributed by atoms with Crippen LogP contribution in [0.4, 0.5) is 0 Å². The number of halogens is 1. The first-order valence-electron chi connectivity index (χ1n) is 8.75. The molecular formula is C20H18ClN3O3. The van der Waals surface area contributed by atoms with Gasteiger partial charge < -0.3 is 9.64 Å². The Balaban J connectivity index is 1.79. The van der Waals surface area contributed by atoms with E-state index in [0.29, 0.717) is 42.4 Å². The first-order chi connectivity index (χ1) is 13.1. The van der Waals surface area contributed by atoms with Crippen LogP contribution in [0.15, 0.2) is 53.3 Å². The topological polar surface area (TPSA) is 64.4 Å². The molecular weight excluding hydrogens is 366 g/mol. The van der Waals surface area contributed by atoms with E-state index in [1.54, 1.807) is 23.1 Å². The third-order valence-electron chi connectivity index (χ3n) is 4.63. The second-order valence-electron chi connectivity index (χ2n) is 6.36. The monoisotopic (exact) mass is 383 g/mol. The molecule has 3 aromatic rings. The predicted molar refractivity (Wildman–Crippen MR) is 104 cm³/mol. The molecule has 138 valence electrons. The fourth-order valence-electron chi connectivity index (χ4n) is 3.20. The van der Waals surface area contributed by atoms with Gasteiger partial charge in [0.25, 0.3) is 5.56 Å². The van der Waals surface area contributed by atoms with E-state index in [9.17, 15) is 9.59 Å². The molecule has 7 heteroatoms. The Hall–Kier alpha value is -2.70. The molecule has 0 radical (unpaired) electrons. The van der Waals surface area contributed by atoms with E-state index in [1.165, 1.54) is 4.68 Å². The van der Waals surface area contributed by atoms with Gasteiger partial charge in [-0.15, -0.1) is 0 Å². The molecule has 0 N–H and O–H groups in total. The molecule has 2 aromatic carbocycles. The molecule has 1 saturated heterocycles. The lowest BCUT2D eigenvalue weighted by Crippen LogP contribution is -2.43. The number of rotatable bonds is 3. The standard InChI is InChI=1S/C20H18ClN3O3/c21-15-7-5-14(6-8-15)19-16-3-1-2-4-17(16)20(26)24(22-19)13-18(25)23-9-11-27-12-10-23/h1-8H,9-13H2. The number of carbonyl (C=O) groups is 1. The summed E-state index contributed by atoms with van der Waals surface area (Å²) in [7, 11) is 0. The molecule has 0 aliphatic carbocycles. The zero-order valence-corrected chi connectivity index (χ0v) is 15.4. The van der Waals surface area contributed by atoms with Gasteiger partial charge in [0, 0.05) is 29.1 Å². The number of ether oxygens (including phenoxy) is 1. The number of fused-ring (bicyclic) bond motifs is 1. The van der Waals surface area contributed by atoms with Crippen LogP contribution in [0.1, 0.15) is 0 Å². The van der Waals surface area contributed by atoms with Crippen LogP contribution in [-0.4, -0.2) is 46.9 Å². The average Bonchev–Trinajstić information content (AvgIpc) is 2.71. The molecule has 27 heavy (non-hydrogen) atoms. The Bertz CT molecular complexity index is 1040. The van der Waals surface area contributed by atoms with Crippen molar-refractivity contribution in [3.63, 3.8) is 0 Å². The van der Waals surface area contributed by atoms with Crippen molar-refractivity contribution < 1.29 is 9.53 Å². The summed E-state index contributed by atoms with van der Waals surface area (Å²) in [5.74, 6) is -0.134. The van der Waals surface area contributed by atoms with Crippen LogP contribution < -0.4 is 5.56 Å². The van der Waals surface area contributed by atoms with Crippen molar-refractivity contribution in [2.24, 2.45) is 0 Å². The summed E-state index contributed by atoms with van der Waals surface area (Å²) in [5, 5.41) is 6.43. The van der Waals surface area contributed by atoms with E-state index in [-0.39, 0.29) is 18.0 Å². The van der Waals surface area contributed by atoms with Crippen molar-refractivity contribution >= 4 is 28.3 Å². The summed E-state index contributed by atoms with van der Waals surface area (Å²) in [5.41, 5.74) is 1.21. The lowest BCUT2D eigenvalue weighted by atomic mass is 10.1. The van der Waals surface area contributed by atoms with Crippen molar-refractivity contribution in [1.29, 1.82) is 0 Å². The van der Waals surface area contributed by atoms with Gasteiger partial charge in [-0.2, -0.15) is 5.10 Å². The van der Waals surface area contributed by atoms with Crippen LogP contribution in [-0.2, 0) is 16.1 Å². The Morgan fingerprint density at radius 2 is 1.70 bits per heavy atom. The van der Waals surface area contributed by atoms with E-state index in [1.807, 2.05) is 30.3 Å². The van der Waals surface area contributed by atoms with E-state index in [0.717, 1.165) is 10.9 Å². The molecule has 0 atom stereocenters. The molecule has 1 fully saturated rings. The minimum Gasteiger partial charge on any atom is -0.378 e. The third-order valence-corrected chi connectivity index (χ3v) is 4.89. The second-order valence-corrected chi connectivity index (χ2v) is 6.79. The van der Waals surface area contributed by atoms with Crippen LogP contribution in [0.5, 0.6) is 0 Å². The lowest BCUT2D eigenvalue weighted by molar-refractivity contribution is -0.136. The smallest absolute Gasteiger partial charge is 0.275 e. The summed E-state index contributed by atoms with van der Waals surface area (Å²) in [4.78, 5) is 27.2. The van der Waals surface area contributed by atoms with E-state index >= 15 is 0 Å². The number of amides is 1. The number of hydrogen-bond donors (Lipinski definition) is 0. The van der Waals surface area contributed by atoms with Crippen molar-refractivity contribution in [3.05, 3.63) is 63.9 Å². The highest BCUT2D eigenvalue weighted by Gasteiger charge is 2.19. The molecule has 0 saturated carbocycles. The molecule has 1 aromatic heterocycles. The lowest BCUT2D eigenvalue weighted by Gasteiger charge is -2.27. The maximum atomic E-state index is 12.9. The van der Waals surface area contributed by atoms with Gasteiger partial charge in [-0.25, -0.2) is 4.68 Å². The molecule has 1 aliphatic heterocycles. The highest BCUT2D eigenvalue weighted by atomic mass is 35.5. The third kappa shape index (κ3) is 3.59. The van der Waals surface area contributed by atoms with Crippen LogP contribution in [0.3, 0.4) is 0 Å². The Morgan fingerprint density at radius 3 is 2.41 bits per heavy atom. The second kappa shape index (κ2) is 7.50. The molecule has 6 nitrogen and oxygen atoms in total. The first kappa shape index (κ1) is 17.7. The van der Waals surface area contributed by atoms with Crippen molar-refractivity contribution in [2.45, 2.75) is 6.54 Å². The number of aromatic nitrogens is 2. The first-order valence-corrected chi connectivity index (χ1v) is 9.12. The van der Waals surface area contributed by atoms with Crippen LogP contribution in [0.25, 0.3) is 22.0 Å². The molecule has 0 bridgehead atoms. The van der Waals surface area contributed by atoms with E-state index in [2.05, 4.69) is 5.10 Å². The fraction of sp³-hybridized carbons (Fsp3) is 0.250. The van der Waals surface area contributed by atoms with Crippen LogP contribution in [0.2, 0.25) is 5.02 Å². The summed E-state index contributed by atoms with van der Waals surface area (Å²) < 4.78 is 6.53. The Kier molecular flexibility index (Phi) is 4.92. The fourth-order valence-corrected chi connectivity index (χ4v) is 3.33. The summed E-state index contributed by atoms with van der Waals surface area (Å²) in [6, 6.07) is 14.6. The number of nitrogens with zero attached hydrogens (tertiary/aromatic N) is 3. The van der Waals surface area contributed by atoms with Gasteiger partial charge in [0.05, 0.1) is 24.3 Å². The molecule has 0 spiro atoms. The Morgan fingerprint density at radius 1 is 1.04 bits per heavy atom. The normalized spacial score (nSPS) is 14.5. The zero-order valence-electron chi connectivity index (χ0n) is 14.6. The summed E-state index contributed by atoms with van der Waals surface area (Å²) in [6.07, 6.45) is 0. The van der Waals surface area contributed by atoms with Gasteiger partial charge in [-0.05, 0) is 18.2 Å². The van der Waals surface area contributed by atoms with Crippen LogP contribution in [0, 0.1) is 0 Å². The van der Waals surface area contributed by atoms with Crippen molar-refractivity contribution in [3.8, 4) is 11.3 Å². The Labute approximate surface area is 160 Å². The number of carbonyl (C=O) groups excluding carboxylic acids is 1. The SMILES string of the molecule is O=C(Cn1nc(-c2ccc(Cl)cc2)c2ccccc2c1=O)N1CCOCC1. The van der Waals surface area contributed by atoms with Gasteiger partial charge in [-0.3, -0.25) is 9.59 Å². The van der Waals surface area contributed by atoms with Gasteiger partial charge in [0.2, 0.25) is 5.91 Å². The number of morpholine rings is 1. The maximum absolute atomic E-state index is 12.9. The van der Waals surface area contributed by atoms with Gasteiger partial charge >= 0.3 is 0 Å². The number of benzene rings is 2. The zero-order chi connectivity index (χ0) is 18.8.